The summed E-state index contributed by atoms with van der Waals surface area (Å²) >= 11 is 0. The van der Waals surface area contributed by atoms with Gasteiger partial charge in [0.2, 0.25) is 0 Å². The normalized spacial score (nSPS) is 13.4. The molecule has 0 aliphatic rings. The molecule has 7 heteroatoms. The van der Waals surface area contributed by atoms with Crippen molar-refractivity contribution in [3.8, 4) is 0 Å². The fourth-order valence-electron chi connectivity index (χ4n) is 1.28. The van der Waals surface area contributed by atoms with Crippen LogP contribution in [0, 0.1) is 0 Å². The minimum atomic E-state index is -1.55. The van der Waals surface area contributed by atoms with E-state index in [2.05, 4.69) is 11.3 Å². The monoisotopic (exact) mass is 274 g/mol. The van der Waals surface area contributed by atoms with Crippen LogP contribution in [0.2, 0.25) is 0 Å². The van der Waals surface area contributed by atoms with Gasteiger partial charge in [-0.1, -0.05) is 6.58 Å². The van der Waals surface area contributed by atoms with Crippen LogP contribution in [0.15, 0.2) is 23.3 Å². The minimum absolute atomic E-state index is 0.00751. The van der Waals surface area contributed by atoms with Gasteiger partial charge in [-0.2, -0.15) is 0 Å². The van der Waals surface area contributed by atoms with E-state index in [1.54, 1.807) is 0 Å². The summed E-state index contributed by atoms with van der Waals surface area (Å²) in [5, 5.41) is 36.7. The van der Waals surface area contributed by atoms with E-state index in [-0.39, 0.29) is 16.7 Å². The number of hydrogen-bond acceptors (Lipinski definition) is 7. The molecule has 0 aromatic heterocycles. The van der Waals surface area contributed by atoms with Crippen molar-refractivity contribution < 1.29 is 34.8 Å². The zero-order chi connectivity index (χ0) is 15.2. The summed E-state index contributed by atoms with van der Waals surface area (Å²) in [5.41, 5.74) is -0.560. The summed E-state index contributed by atoms with van der Waals surface area (Å²) < 4.78 is 4.42. The van der Waals surface area contributed by atoms with Crippen molar-refractivity contribution in [1.82, 2.24) is 0 Å². The second kappa shape index (κ2) is 7.80. The molecular weight excluding hydrogens is 256 g/mol. The maximum atomic E-state index is 11.6. The van der Waals surface area contributed by atoms with Gasteiger partial charge in [0.15, 0.2) is 0 Å². The van der Waals surface area contributed by atoms with Crippen LogP contribution in [0.1, 0.15) is 13.8 Å². The first-order chi connectivity index (χ1) is 8.76. The van der Waals surface area contributed by atoms with Gasteiger partial charge < -0.3 is 25.2 Å². The molecule has 0 aromatic rings. The minimum Gasteiger partial charge on any atom is -0.393 e. The number of aliphatic hydroxyl groups excluding tert-OH is 4. The van der Waals surface area contributed by atoms with Crippen molar-refractivity contribution in [2.45, 2.75) is 26.1 Å². The number of aliphatic hydroxyl groups is 4. The number of carbonyl (C=O) groups excluding carboxylic acids is 2. The first-order valence-corrected chi connectivity index (χ1v) is 5.46. The van der Waals surface area contributed by atoms with Crippen molar-refractivity contribution in [2.24, 2.45) is 0 Å². The van der Waals surface area contributed by atoms with E-state index >= 15 is 0 Å². The average Bonchev–Trinajstić information content (AvgIpc) is 2.37. The van der Waals surface area contributed by atoms with Crippen molar-refractivity contribution in [1.29, 1.82) is 0 Å². The topological polar surface area (TPSA) is 124 Å². The van der Waals surface area contributed by atoms with Crippen LogP contribution in [0.25, 0.3) is 0 Å². The summed E-state index contributed by atoms with van der Waals surface area (Å²) in [6.07, 6.45) is -3.09. The molecule has 4 N–H and O–H groups in total. The van der Waals surface area contributed by atoms with Crippen molar-refractivity contribution in [3.63, 3.8) is 0 Å². The third-order valence-electron chi connectivity index (χ3n) is 2.34. The summed E-state index contributed by atoms with van der Waals surface area (Å²) in [6.45, 7) is 4.32. The lowest BCUT2D eigenvalue weighted by Crippen LogP contribution is -2.31. The van der Waals surface area contributed by atoms with E-state index in [4.69, 9.17) is 10.2 Å². The maximum Gasteiger partial charge on any atom is 0.341 e. The summed E-state index contributed by atoms with van der Waals surface area (Å²) in [4.78, 5) is 22.8. The highest BCUT2D eigenvalue weighted by atomic mass is 16.6. The van der Waals surface area contributed by atoms with Crippen LogP contribution >= 0.6 is 0 Å². The lowest BCUT2D eigenvalue weighted by molar-refractivity contribution is -0.154. The van der Waals surface area contributed by atoms with E-state index in [1.807, 2.05) is 0 Å². The molecule has 108 valence electrons. The van der Waals surface area contributed by atoms with Crippen LogP contribution in [0.3, 0.4) is 0 Å². The average molecular weight is 274 g/mol. The predicted molar refractivity (Wildman–Crippen MR) is 64.8 cm³/mol. The van der Waals surface area contributed by atoms with E-state index in [0.29, 0.717) is 0 Å². The molecule has 0 saturated heterocycles. The van der Waals surface area contributed by atoms with Crippen molar-refractivity contribution >= 4 is 11.9 Å². The van der Waals surface area contributed by atoms with E-state index < -0.39 is 37.4 Å². The Bertz CT molecular complexity index is 385. The van der Waals surface area contributed by atoms with Gasteiger partial charge in [-0.15, -0.1) is 0 Å². The quantitative estimate of drug-likeness (QED) is 0.268. The van der Waals surface area contributed by atoms with E-state index in [1.165, 1.54) is 13.8 Å². The van der Waals surface area contributed by atoms with E-state index in [0.717, 1.165) is 0 Å². The summed E-state index contributed by atoms with van der Waals surface area (Å²) in [7, 11) is 0. The first-order valence-electron chi connectivity index (χ1n) is 5.46. The molecule has 0 heterocycles. The van der Waals surface area contributed by atoms with Crippen LogP contribution in [-0.4, -0.2) is 57.8 Å². The first kappa shape index (κ1) is 17.5. The van der Waals surface area contributed by atoms with E-state index in [9.17, 15) is 19.8 Å². The van der Waals surface area contributed by atoms with Gasteiger partial charge in [-0.25, -0.2) is 9.59 Å². The Morgan fingerprint density at radius 3 is 1.79 bits per heavy atom. The van der Waals surface area contributed by atoms with Gasteiger partial charge in [0.25, 0.3) is 0 Å². The van der Waals surface area contributed by atoms with Gasteiger partial charge in [0, 0.05) is 16.7 Å². The molecule has 0 aliphatic heterocycles. The van der Waals surface area contributed by atoms with Gasteiger partial charge in [0.05, 0.1) is 13.2 Å². The summed E-state index contributed by atoms with van der Waals surface area (Å²) in [5.74, 6) is -2.04. The van der Waals surface area contributed by atoms with Crippen molar-refractivity contribution in [2.75, 3.05) is 13.2 Å². The second-order valence-electron chi connectivity index (χ2n) is 3.93. The Morgan fingerprint density at radius 2 is 1.47 bits per heavy atom. The standard InChI is InChI=1S/C12H18O7/c1-6(2)11(17)19-12(18)7(3)10(8(15)4-13)9(16)5-14/h8-9,13-16H,1,4-5H2,2-3H3. The molecule has 7 nitrogen and oxygen atoms in total. The molecule has 2 atom stereocenters. The lowest BCUT2D eigenvalue weighted by Gasteiger charge is -2.19. The molecule has 0 bridgehead atoms. The molecular formula is C12H18O7. The fraction of sp³-hybridized carbons (Fsp3) is 0.500. The van der Waals surface area contributed by atoms with Crippen LogP contribution in [0.4, 0.5) is 0 Å². The van der Waals surface area contributed by atoms with Crippen molar-refractivity contribution in [3.05, 3.63) is 23.3 Å². The van der Waals surface area contributed by atoms with Gasteiger partial charge >= 0.3 is 11.9 Å². The lowest BCUT2D eigenvalue weighted by atomic mass is 9.98. The van der Waals surface area contributed by atoms with Crippen LogP contribution < -0.4 is 0 Å². The highest BCUT2D eigenvalue weighted by molar-refractivity contribution is 6.01. The Balaban J connectivity index is 5.28. The second-order valence-corrected chi connectivity index (χ2v) is 3.93. The molecule has 0 radical (unpaired) electrons. The number of rotatable bonds is 6. The zero-order valence-corrected chi connectivity index (χ0v) is 10.8. The predicted octanol–water partition coefficient (Wildman–Crippen LogP) is -1.34. The van der Waals surface area contributed by atoms with Gasteiger partial charge in [0.1, 0.15) is 12.2 Å². The third-order valence-corrected chi connectivity index (χ3v) is 2.34. The molecule has 2 unspecified atom stereocenters. The molecule has 19 heavy (non-hydrogen) atoms. The van der Waals surface area contributed by atoms with Gasteiger partial charge in [-0.05, 0) is 13.8 Å². The largest absolute Gasteiger partial charge is 0.393 e. The molecule has 0 fully saturated rings. The fourth-order valence-corrected chi connectivity index (χ4v) is 1.28. The Hall–Kier alpha value is -1.54. The maximum absolute atomic E-state index is 11.6. The molecule has 0 saturated carbocycles. The highest BCUT2D eigenvalue weighted by Gasteiger charge is 2.25. The molecule has 0 aliphatic carbocycles. The number of hydrogen-bond donors (Lipinski definition) is 4. The molecule has 0 rings (SSSR count). The zero-order valence-electron chi connectivity index (χ0n) is 10.8. The number of esters is 2. The SMILES string of the molecule is C=C(C)C(=O)OC(=O)C(C)=C(C(O)CO)C(O)CO. The Morgan fingerprint density at radius 1 is 1.05 bits per heavy atom. The Kier molecular flexibility index (Phi) is 7.17. The van der Waals surface area contributed by atoms with Crippen LogP contribution in [-0.2, 0) is 14.3 Å². The third kappa shape index (κ3) is 4.92. The van der Waals surface area contributed by atoms with Gasteiger partial charge in [-0.3, -0.25) is 0 Å². The summed E-state index contributed by atoms with van der Waals surface area (Å²) in [6, 6.07) is 0. The number of carbonyl (C=O) groups is 2. The Labute approximate surface area is 110 Å². The molecule has 0 amide bonds. The molecule has 0 spiro atoms. The smallest absolute Gasteiger partial charge is 0.341 e. The van der Waals surface area contributed by atoms with Crippen LogP contribution in [0.5, 0.6) is 0 Å². The highest BCUT2D eigenvalue weighted by Crippen LogP contribution is 2.16. The molecule has 0 aromatic carbocycles. The number of ether oxygens (including phenoxy) is 1.